The fourth-order valence-corrected chi connectivity index (χ4v) is 2.06. The van der Waals surface area contributed by atoms with Gasteiger partial charge in [-0.15, -0.1) is 0 Å². The molecule has 0 saturated carbocycles. The molecule has 0 saturated heterocycles. The predicted molar refractivity (Wildman–Crippen MR) is 85.5 cm³/mol. The first-order valence-electron chi connectivity index (χ1n) is 6.84. The van der Waals surface area contributed by atoms with Crippen LogP contribution in [-0.4, -0.2) is 24.0 Å². The van der Waals surface area contributed by atoms with Crippen LogP contribution in [0.3, 0.4) is 0 Å². The summed E-state index contributed by atoms with van der Waals surface area (Å²) in [6.45, 7) is 2.62. The summed E-state index contributed by atoms with van der Waals surface area (Å²) in [4.78, 5) is 11.8. The number of rotatable bonds is 7. The minimum Gasteiger partial charge on any atom is -0.479 e. The van der Waals surface area contributed by atoms with Crippen LogP contribution in [0.5, 0.6) is 5.75 Å². The van der Waals surface area contributed by atoms with Gasteiger partial charge >= 0.3 is 0 Å². The first-order valence-corrected chi connectivity index (χ1v) is 7.25. The molecule has 0 bridgehead atoms. The zero-order valence-corrected chi connectivity index (χ0v) is 12.7. The lowest BCUT2D eigenvalue weighted by Crippen LogP contribution is -2.29. The second-order valence-electron chi connectivity index (χ2n) is 4.61. The molecule has 0 aliphatic rings. The Kier molecular flexibility index (Phi) is 5.16. The monoisotopic (exact) mass is 306 g/mol. The van der Waals surface area contributed by atoms with Crippen molar-refractivity contribution in [3.63, 3.8) is 0 Å². The van der Waals surface area contributed by atoms with E-state index in [-0.39, 0.29) is 17.5 Å². The van der Waals surface area contributed by atoms with Crippen LogP contribution in [0.2, 0.25) is 0 Å². The maximum Gasteiger partial charge on any atom is 0.257 e. The molecule has 112 valence electrons. The molecule has 0 aliphatic heterocycles. The van der Waals surface area contributed by atoms with Gasteiger partial charge in [0.2, 0.25) is 5.76 Å². The van der Waals surface area contributed by atoms with Crippen molar-refractivity contribution in [2.75, 3.05) is 13.2 Å². The fraction of sp³-hybridized carbons (Fsp3) is 0.333. The lowest BCUT2D eigenvalue weighted by molar-refractivity contribution is -0.123. The molecule has 1 aromatic heterocycles. The van der Waals surface area contributed by atoms with Crippen LogP contribution in [0.1, 0.15) is 25.5 Å². The van der Waals surface area contributed by atoms with Crippen molar-refractivity contribution in [3.05, 3.63) is 30.0 Å². The average Bonchev–Trinajstić information content (AvgIpc) is 2.84. The van der Waals surface area contributed by atoms with Gasteiger partial charge in [0.1, 0.15) is 10.6 Å². The normalized spacial score (nSPS) is 10.5. The number of fused-ring (bicyclic) bond motifs is 1. The van der Waals surface area contributed by atoms with Gasteiger partial charge in [0, 0.05) is 6.54 Å². The Labute approximate surface area is 128 Å². The van der Waals surface area contributed by atoms with E-state index in [1.165, 1.54) is 0 Å². The van der Waals surface area contributed by atoms with Crippen LogP contribution in [-0.2, 0) is 4.79 Å². The largest absolute Gasteiger partial charge is 0.479 e. The van der Waals surface area contributed by atoms with Gasteiger partial charge in [0.15, 0.2) is 12.4 Å². The Morgan fingerprint density at radius 1 is 1.43 bits per heavy atom. The van der Waals surface area contributed by atoms with Gasteiger partial charge in [-0.25, -0.2) is 0 Å². The van der Waals surface area contributed by atoms with E-state index in [4.69, 9.17) is 27.1 Å². The summed E-state index contributed by atoms with van der Waals surface area (Å²) >= 11 is 4.96. The minimum absolute atomic E-state index is 0.0944. The average molecular weight is 306 g/mol. The highest BCUT2D eigenvalue weighted by atomic mass is 32.1. The summed E-state index contributed by atoms with van der Waals surface area (Å²) in [5, 5.41) is 3.54. The number of thiocarbonyl (C=S) groups is 1. The molecule has 5 nitrogen and oxygen atoms in total. The summed E-state index contributed by atoms with van der Waals surface area (Å²) in [7, 11) is 0. The third-order valence-electron chi connectivity index (χ3n) is 2.97. The van der Waals surface area contributed by atoms with Crippen molar-refractivity contribution in [2.45, 2.75) is 19.8 Å². The molecule has 1 aromatic carbocycles. The smallest absolute Gasteiger partial charge is 0.257 e. The molecule has 0 spiro atoms. The van der Waals surface area contributed by atoms with E-state index < -0.39 is 0 Å². The van der Waals surface area contributed by atoms with Crippen LogP contribution in [0.4, 0.5) is 0 Å². The van der Waals surface area contributed by atoms with Crippen molar-refractivity contribution in [1.29, 1.82) is 0 Å². The number of para-hydroxylation sites is 1. The molecule has 0 atom stereocenters. The van der Waals surface area contributed by atoms with Crippen LogP contribution < -0.4 is 15.8 Å². The standard InChI is InChI=1S/C15H18N2O3S/c1-2-3-8-17-12(18)9-19-13-10-6-4-5-7-11(10)20-14(13)15(16)21/h4-7H,2-3,8-9H2,1H3,(H2,16,21)(H,17,18). The van der Waals surface area contributed by atoms with Crippen molar-refractivity contribution >= 4 is 34.1 Å². The molecule has 2 aromatic rings. The van der Waals surface area contributed by atoms with E-state index >= 15 is 0 Å². The zero-order chi connectivity index (χ0) is 15.2. The molecule has 0 radical (unpaired) electrons. The predicted octanol–water partition coefficient (Wildman–Crippen LogP) is 2.36. The molecule has 1 heterocycles. The lowest BCUT2D eigenvalue weighted by Gasteiger charge is -2.07. The molecule has 3 N–H and O–H groups in total. The number of carbonyl (C=O) groups is 1. The van der Waals surface area contributed by atoms with Crippen molar-refractivity contribution in [1.82, 2.24) is 5.32 Å². The molecular weight excluding hydrogens is 288 g/mol. The maximum absolute atomic E-state index is 11.7. The Balaban J connectivity index is 2.12. The first kappa shape index (κ1) is 15.3. The number of amides is 1. The van der Waals surface area contributed by atoms with E-state index in [0.717, 1.165) is 18.2 Å². The molecule has 21 heavy (non-hydrogen) atoms. The second-order valence-corrected chi connectivity index (χ2v) is 5.05. The highest BCUT2D eigenvalue weighted by Gasteiger charge is 2.18. The molecular formula is C15H18N2O3S. The van der Waals surface area contributed by atoms with Gasteiger partial charge in [-0.05, 0) is 18.6 Å². The number of hydrogen-bond donors (Lipinski definition) is 2. The maximum atomic E-state index is 11.7. The number of nitrogens with one attached hydrogen (secondary N) is 1. The van der Waals surface area contributed by atoms with Gasteiger partial charge in [0.25, 0.3) is 5.91 Å². The van der Waals surface area contributed by atoms with Gasteiger partial charge < -0.3 is 20.2 Å². The Hall–Kier alpha value is -2.08. The number of unbranched alkanes of at least 4 members (excludes halogenated alkanes) is 1. The van der Waals surface area contributed by atoms with E-state index in [0.29, 0.717) is 23.6 Å². The van der Waals surface area contributed by atoms with E-state index in [1.807, 2.05) is 18.2 Å². The molecule has 0 aliphatic carbocycles. The van der Waals surface area contributed by atoms with E-state index in [9.17, 15) is 4.79 Å². The van der Waals surface area contributed by atoms with Crippen LogP contribution in [0.15, 0.2) is 28.7 Å². The van der Waals surface area contributed by atoms with Crippen LogP contribution in [0, 0.1) is 0 Å². The Morgan fingerprint density at radius 2 is 2.19 bits per heavy atom. The lowest BCUT2D eigenvalue weighted by atomic mass is 10.2. The fourth-order valence-electron chi connectivity index (χ4n) is 1.92. The Bertz CT molecular complexity index is 651. The number of ether oxygens (including phenoxy) is 1. The topological polar surface area (TPSA) is 77.5 Å². The summed E-state index contributed by atoms with van der Waals surface area (Å²) in [6.07, 6.45) is 1.97. The third-order valence-corrected chi connectivity index (χ3v) is 3.16. The van der Waals surface area contributed by atoms with Crippen LogP contribution in [0.25, 0.3) is 11.0 Å². The summed E-state index contributed by atoms with van der Waals surface area (Å²) in [5.41, 5.74) is 6.27. The van der Waals surface area contributed by atoms with Gasteiger partial charge in [-0.2, -0.15) is 0 Å². The van der Waals surface area contributed by atoms with Gasteiger partial charge in [0.05, 0.1) is 5.39 Å². The van der Waals surface area contributed by atoms with Crippen molar-refractivity contribution < 1.29 is 13.9 Å². The zero-order valence-electron chi connectivity index (χ0n) is 11.8. The van der Waals surface area contributed by atoms with Crippen molar-refractivity contribution in [2.24, 2.45) is 5.73 Å². The highest BCUT2D eigenvalue weighted by Crippen LogP contribution is 2.32. The van der Waals surface area contributed by atoms with E-state index in [2.05, 4.69) is 12.2 Å². The molecule has 1 amide bonds. The SMILES string of the molecule is CCCCNC(=O)COc1c(C(N)=S)oc2ccccc12. The number of benzene rings is 1. The number of nitrogens with two attached hydrogens (primary N) is 1. The number of carbonyl (C=O) groups excluding carboxylic acids is 1. The third kappa shape index (κ3) is 3.72. The summed E-state index contributed by atoms with van der Waals surface area (Å²) in [6, 6.07) is 7.34. The van der Waals surface area contributed by atoms with Crippen molar-refractivity contribution in [3.8, 4) is 5.75 Å². The number of hydrogen-bond acceptors (Lipinski definition) is 4. The first-order chi connectivity index (χ1) is 10.1. The minimum atomic E-state index is -0.178. The second kappa shape index (κ2) is 7.08. The quantitative estimate of drug-likeness (QED) is 0.606. The van der Waals surface area contributed by atoms with Gasteiger partial charge in [-0.3, -0.25) is 4.79 Å². The van der Waals surface area contributed by atoms with E-state index in [1.54, 1.807) is 6.07 Å². The molecule has 0 unspecified atom stereocenters. The van der Waals surface area contributed by atoms with Crippen LogP contribution >= 0.6 is 12.2 Å². The molecule has 6 heteroatoms. The highest BCUT2D eigenvalue weighted by molar-refractivity contribution is 7.80. The Morgan fingerprint density at radius 3 is 2.90 bits per heavy atom. The molecule has 2 rings (SSSR count). The molecule has 0 fully saturated rings. The van der Waals surface area contributed by atoms with Gasteiger partial charge in [-0.1, -0.05) is 37.7 Å². The summed E-state index contributed by atoms with van der Waals surface area (Å²) < 4.78 is 11.1. The number of furan rings is 1. The summed E-state index contributed by atoms with van der Waals surface area (Å²) in [5.74, 6) is 0.541.